The van der Waals surface area contributed by atoms with Crippen molar-refractivity contribution in [2.75, 3.05) is 20.1 Å². The summed E-state index contributed by atoms with van der Waals surface area (Å²) in [5.74, 6) is -0.998. The molecule has 2 N–H and O–H groups in total. The molecule has 1 saturated heterocycles. The Morgan fingerprint density at radius 3 is 2.90 bits per heavy atom. The van der Waals surface area contributed by atoms with Gasteiger partial charge in [-0.1, -0.05) is 6.92 Å². The lowest BCUT2D eigenvalue weighted by molar-refractivity contribution is 0.0690. The van der Waals surface area contributed by atoms with E-state index in [1.54, 1.807) is 0 Å². The van der Waals surface area contributed by atoms with Gasteiger partial charge in [-0.05, 0) is 38.1 Å². The van der Waals surface area contributed by atoms with E-state index in [2.05, 4.69) is 29.2 Å². The van der Waals surface area contributed by atoms with Crippen LogP contribution in [0, 0.1) is 5.92 Å². The number of hydrogen-bond acceptors (Lipinski definition) is 4. The van der Waals surface area contributed by atoms with Gasteiger partial charge < -0.3 is 15.3 Å². The van der Waals surface area contributed by atoms with Crippen LogP contribution in [0.15, 0.2) is 18.3 Å². The van der Waals surface area contributed by atoms with Gasteiger partial charge in [-0.25, -0.2) is 9.78 Å². The van der Waals surface area contributed by atoms with Gasteiger partial charge in [0.25, 0.3) is 5.91 Å². The molecule has 1 fully saturated rings. The number of carbonyl (C=O) groups is 2. The van der Waals surface area contributed by atoms with Crippen LogP contribution in [0.25, 0.3) is 0 Å². The number of likely N-dealkylation sites (tertiary alicyclic amines) is 1. The number of nitrogens with zero attached hydrogens (tertiary/aromatic N) is 2. The number of amides is 1. The number of hydrogen-bond donors (Lipinski definition) is 2. The molecule has 1 aliphatic rings. The van der Waals surface area contributed by atoms with Crippen molar-refractivity contribution in [1.82, 2.24) is 15.2 Å². The lowest BCUT2D eigenvalue weighted by atomic mass is 9.94. The van der Waals surface area contributed by atoms with Crippen molar-refractivity contribution >= 4 is 11.9 Å². The fraction of sp³-hybridized carbons (Fsp3) is 0.500. The van der Waals surface area contributed by atoms with E-state index >= 15 is 0 Å². The molecule has 6 heteroatoms. The molecule has 0 aliphatic carbocycles. The minimum absolute atomic E-state index is 0.117. The fourth-order valence-corrected chi connectivity index (χ4v) is 2.51. The zero-order valence-electron chi connectivity index (χ0n) is 11.7. The molecule has 0 radical (unpaired) electrons. The van der Waals surface area contributed by atoms with Gasteiger partial charge in [-0.2, -0.15) is 0 Å². The lowest BCUT2D eigenvalue weighted by Crippen LogP contribution is -2.48. The number of aromatic carboxylic acids is 1. The highest BCUT2D eigenvalue weighted by molar-refractivity contribution is 5.96. The first-order chi connectivity index (χ1) is 9.47. The van der Waals surface area contributed by atoms with Gasteiger partial charge in [0.15, 0.2) is 0 Å². The maximum absolute atomic E-state index is 12.2. The lowest BCUT2D eigenvalue weighted by Gasteiger charge is -2.35. The molecular formula is C14H19N3O3. The first-order valence-electron chi connectivity index (χ1n) is 6.66. The number of aromatic nitrogens is 1. The number of carbonyl (C=O) groups excluding carboxylic acids is 1. The van der Waals surface area contributed by atoms with Crippen molar-refractivity contribution in [3.05, 3.63) is 29.6 Å². The maximum Gasteiger partial charge on any atom is 0.354 e. The predicted molar refractivity (Wildman–Crippen MR) is 73.7 cm³/mol. The van der Waals surface area contributed by atoms with Crippen molar-refractivity contribution in [3.63, 3.8) is 0 Å². The van der Waals surface area contributed by atoms with E-state index in [0.717, 1.165) is 19.5 Å². The Hall–Kier alpha value is -1.95. The van der Waals surface area contributed by atoms with Gasteiger partial charge in [-0.3, -0.25) is 4.79 Å². The van der Waals surface area contributed by atoms with Crippen LogP contribution in [0.3, 0.4) is 0 Å². The summed E-state index contributed by atoms with van der Waals surface area (Å²) < 4.78 is 0. The number of pyridine rings is 1. The smallest absolute Gasteiger partial charge is 0.354 e. The molecular weight excluding hydrogens is 258 g/mol. The van der Waals surface area contributed by atoms with E-state index in [1.807, 2.05) is 0 Å². The van der Waals surface area contributed by atoms with Crippen LogP contribution in [0.5, 0.6) is 0 Å². The Balaban J connectivity index is 2.05. The van der Waals surface area contributed by atoms with Crippen molar-refractivity contribution in [3.8, 4) is 0 Å². The minimum Gasteiger partial charge on any atom is -0.477 e. The summed E-state index contributed by atoms with van der Waals surface area (Å²) in [4.78, 5) is 29.0. The molecule has 0 saturated carbocycles. The number of carboxylic acid groups (broad SMARTS) is 1. The number of rotatable bonds is 3. The van der Waals surface area contributed by atoms with Crippen LogP contribution in [-0.4, -0.2) is 53.0 Å². The number of piperidine rings is 1. The summed E-state index contributed by atoms with van der Waals surface area (Å²) in [6.45, 7) is 4.00. The Labute approximate surface area is 117 Å². The topological polar surface area (TPSA) is 82.5 Å². The molecule has 108 valence electrons. The zero-order chi connectivity index (χ0) is 14.7. The van der Waals surface area contributed by atoms with Gasteiger partial charge in [0.05, 0.1) is 0 Å². The number of nitrogens with one attached hydrogen (secondary N) is 1. The average Bonchev–Trinajstić information content (AvgIpc) is 2.42. The van der Waals surface area contributed by atoms with Gasteiger partial charge in [0.2, 0.25) is 0 Å². The van der Waals surface area contributed by atoms with Crippen LogP contribution < -0.4 is 5.32 Å². The van der Waals surface area contributed by atoms with Crippen LogP contribution in [0.4, 0.5) is 0 Å². The highest BCUT2D eigenvalue weighted by Crippen LogP contribution is 2.16. The SMILES string of the molecule is CC1CN(C)CCC1NC(=O)c1ccnc(C(=O)O)c1. The molecule has 6 nitrogen and oxygen atoms in total. The standard InChI is InChI=1S/C14H19N3O3/c1-9-8-17(2)6-4-11(9)16-13(18)10-3-5-15-12(7-10)14(19)20/h3,5,7,9,11H,4,6,8H2,1-2H3,(H,16,18)(H,19,20). The quantitative estimate of drug-likeness (QED) is 0.856. The molecule has 2 heterocycles. The van der Waals surface area contributed by atoms with E-state index in [-0.39, 0.29) is 17.6 Å². The summed E-state index contributed by atoms with van der Waals surface area (Å²) in [7, 11) is 2.07. The summed E-state index contributed by atoms with van der Waals surface area (Å²) in [5.41, 5.74) is 0.220. The Morgan fingerprint density at radius 1 is 1.50 bits per heavy atom. The molecule has 1 aromatic rings. The third-order valence-corrected chi connectivity index (χ3v) is 3.67. The highest BCUT2D eigenvalue weighted by Gasteiger charge is 2.26. The first kappa shape index (κ1) is 14.5. The highest BCUT2D eigenvalue weighted by atomic mass is 16.4. The Bertz CT molecular complexity index is 518. The summed E-state index contributed by atoms with van der Waals surface area (Å²) >= 11 is 0. The molecule has 0 aromatic carbocycles. The van der Waals surface area contributed by atoms with Crippen molar-refractivity contribution in [1.29, 1.82) is 0 Å². The average molecular weight is 277 g/mol. The van der Waals surface area contributed by atoms with Crippen LogP contribution in [0.2, 0.25) is 0 Å². The van der Waals surface area contributed by atoms with Gasteiger partial charge in [0.1, 0.15) is 5.69 Å². The molecule has 2 rings (SSSR count). The monoisotopic (exact) mass is 277 g/mol. The Morgan fingerprint density at radius 2 is 2.25 bits per heavy atom. The molecule has 2 unspecified atom stereocenters. The van der Waals surface area contributed by atoms with Gasteiger partial charge >= 0.3 is 5.97 Å². The summed E-state index contributed by atoms with van der Waals surface area (Å²) in [5, 5.41) is 11.9. The second-order valence-corrected chi connectivity index (χ2v) is 5.34. The normalized spacial score (nSPS) is 23.3. The van der Waals surface area contributed by atoms with Crippen LogP contribution in [0.1, 0.15) is 34.2 Å². The van der Waals surface area contributed by atoms with Gasteiger partial charge in [0, 0.05) is 24.3 Å². The predicted octanol–water partition coefficient (Wildman–Crippen LogP) is 0.850. The molecule has 20 heavy (non-hydrogen) atoms. The first-order valence-corrected chi connectivity index (χ1v) is 6.66. The van der Waals surface area contributed by atoms with E-state index in [1.165, 1.54) is 18.3 Å². The van der Waals surface area contributed by atoms with Gasteiger partial charge in [-0.15, -0.1) is 0 Å². The van der Waals surface area contributed by atoms with Crippen molar-refractivity contribution in [2.45, 2.75) is 19.4 Å². The number of carboxylic acids is 1. The minimum atomic E-state index is -1.13. The largest absolute Gasteiger partial charge is 0.477 e. The van der Waals surface area contributed by atoms with E-state index < -0.39 is 5.97 Å². The molecule has 0 bridgehead atoms. The second kappa shape index (κ2) is 6.00. The van der Waals surface area contributed by atoms with E-state index in [4.69, 9.17) is 5.11 Å². The third kappa shape index (κ3) is 3.33. The maximum atomic E-state index is 12.2. The van der Waals surface area contributed by atoms with E-state index in [9.17, 15) is 9.59 Å². The second-order valence-electron chi connectivity index (χ2n) is 5.34. The molecule has 1 aliphatic heterocycles. The summed E-state index contributed by atoms with van der Waals surface area (Å²) in [6.07, 6.45) is 2.25. The molecule has 0 spiro atoms. The van der Waals surface area contributed by atoms with Crippen LogP contribution in [-0.2, 0) is 0 Å². The van der Waals surface area contributed by atoms with E-state index in [0.29, 0.717) is 11.5 Å². The van der Waals surface area contributed by atoms with Crippen molar-refractivity contribution < 1.29 is 14.7 Å². The van der Waals surface area contributed by atoms with Crippen molar-refractivity contribution in [2.24, 2.45) is 5.92 Å². The molecule has 2 atom stereocenters. The van der Waals surface area contributed by atoms with Crippen LogP contribution >= 0.6 is 0 Å². The fourth-order valence-electron chi connectivity index (χ4n) is 2.51. The molecule has 1 amide bonds. The zero-order valence-corrected chi connectivity index (χ0v) is 11.7. The Kier molecular flexibility index (Phi) is 4.34. The third-order valence-electron chi connectivity index (χ3n) is 3.67. The molecule has 1 aromatic heterocycles. The summed E-state index contributed by atoms with van der Waals surface area (Å²) in [6, 6.07) is 2.96.